The van der Waals surface area contributed by atoms with Gasteiger partial charge in [0.05, 0.1) is 26.9 Å². The molecule has 0 fully saturated rings. The molecule has 3 aromatic rings. The van der Waals surface area contributed by atoms with Gasteiger partial charge in [-0.25, -0.2) is 0 Å². The summed E-state index contributed by atoms with van der Waals surface area (Å²) in [6, 6.07) is 16.4. The van der Waals surface area contributed by atoms with Gasteiger partial charge in [0, 0.05) is 17.6 Å². The van der Waals surface area contributed by atoms with E-state index < -0.39 is 0 Å². The zero-order chi connectivity index (χ0) is 23.8. The molecule has 0 atom stereocenters. The Balaban J connectivity index is 1.95. The summed E-state index contributed by atoms with van der Waals surface area (Å²) >= 11 is 6.21. The summed E-state index contributed by atoms with van der Waals surface area (Å²) in [5, 5.41) is 3.43. The number of benzene rings is 3. The molecule has 8 heteroatoms. The van der Waals surface area contributed by atoms with Gasteiger partial charge in [0.2, 0.25) is 11.5 Å². The molecule has 0 aliphatic heterocycles. The molecule has 1 amide bonds. The molecule has 0 heterocycles. The molecule has 0 saturated carbocycles. The Labute approximate surface area is 198 Å². The Morgan fingerprint density at radius 2 is 1.61 bits per heavy atom. The smallest absolute Gasteiger partial charge is 0.255 e. The van der Waals surface area contributed by atoms with Gasteiger partial charge >= 0.3 is 0 Å². The molecule has 3 rings (SSSR count). The number of rotatable bonds is 10. The molecule has 0 bridgehead atoms. The highest BCUT2D eigenvalue weighted by molar-refractivity contribution is 6.31. The van der Waals surface area contributed by atoms with Crippen LogP contribution in [0.2, 0.25) is 5.02 Å². The lowest BCUT2D eigenvalue weighted by Crippen LogP contribution is -2.24. The summed E-state index contributed by atoms with van der Waals surface area (Å²) in [5.74, 6) is 1.30. The Morgan fingerprint density at radius 3 is 2.21 bits per heavy atom. The van der Waals surface area contributed by atoms with Crippen LogP contribution >= 0.6 is 11.6 Å². The Hall–Kier alpha value is -3.42. The van der Waals surface area contributed by atoms with Crippen molar-refractivity contribution in [3.8, 4) is 28.7 Å². The third-order valence-corrected chi connectivity index (χ3v) is 5.36. The van der Waals surface area contributed by atoms with Crippen molar-refractivity contribution in [1.29, 1.82) is 0 Å². The summed E-state index contributed by atoms with van der Waals surface area (Å²) in [4.78, 5) is 13.1. The van der Waals surface area contributed by atoms with Crippen LogP contribution in [0.25, 0.3) is 0 Å². The summed E-state index contributed by atoms with van der Waals surface area (Å²) < 4.78 is 22.6. The maximum absolute atomic E-state index is 13.1. The normalized spacial score (nSPS) is 10.5. The Bertz CT molecular complexity index is 1100. The van der Waals surface area contributed by atoms with E-state index in [2.05, 4.69) is 5.32 Å². The maximum Gasteiger partial charge on any atom is 0.255 e. The molecule has 0 unspecified atom stereocenters. The van der Waals surface area contributed by atoms with Gasteiger partial charge in [-0.05, 0) is 42.3 Å². The monoisotopic (exact) mass is 470 g/mol. The molecule has 0 aliphatic rings. The van der Waals surface area contributed by atoms with Crippen LogP contribution in [-0.2, 0) is 13.0 Å². The lowest BCUT2D eigenvalue weighted by atomic mass is 10.1. The van der Waals surface area contributed by atoms with E-state index in [0.717, 1.165) is 17.5 Å². The van der Waals surface area contributed by atoms with E-state index in [4.69, 9.17) is 36.3 Å². The second-order valence-electron chi connectivity index (χ2n) is 7.08. The first-order valence-electron chi connectivity index (χ1n) is 10.3. The number of nitrogens with one attached hydrogen (secondary N) is 1. The third kappa shape index (κ3) is 5.69. The van der Waals surface area contributed by atoms with Gasteiger partial charge in [-0.15, -0.1) is 0 Å². The van der Waals surface area contributed by atoms with Gasteiger partial charge in [-0.2, -0.15) is 0 Å². The van der Waals surface area contributed by atoms with Crippen molar-refractivity contribution in [2.24, 2.45) is 5.73 Å². The summed E-state index contributed by atoms with van der Waals surface area (Å²) in [6.45, 7) is 0.811. The van der Waals surface area contributed by atoms with E-state index in [1.165, 1.54) is 21.3 Å². The van der Waals surface area contributed by atoms with E-state index in [0.29, 0.717) is 28.8 Å². The molecule has 0 spiro atoms. The fraction of sp³-hybridized carbons (Fsp3) is 0.240. The third-order valence-electron chi connectivity index (χ3n) is 4.99. The lowest BCUT2D eigenvalue weighted by Gasteiger charge is -2.19. The largest absolute Gasteiger partial charge is 0.492 e. The molecular formula is C25H27ClN2O5. The first-order chi connectivity index (χ1) is 16.0. The van der Waals surface area contributed by atoms with E-state index in [1.807, 2.05) is 42.5 Å². The molecule has 0 aromatic heterocycles. The van der Waals surface area contributed by atoms with Gasteiger partial charge in [0.25, 0.3) is 5.91 Å². The van der Waals surface area contributed by atoms with Crippen molar-refractivity contribution in [2.75, 3.05) is 27.9 Å². The zero-order valence-electron chi connectivity index (χ0n) is 18.8. The summed E-state index contributed by atoms with van der Waals surface area (Å²) in [6.07, 6.45) is 0.774. The SMILES string of the molecule is COc1c(Oc2ccc(CCN)cc2)cc(C(=O)NCc2ccccc2Cl)c(OC)c1OC. The van der Waals surface area contributed by atoms with Crippen LogP contribution in [-0.4, -0.2) is 33.8 Å². The average molecular weight is 471 g/mol. The van der Waals surface area contributed by atoms with Crippen molar-refractivity contribution >= 4 is 17.5 Å². The van der Waals surface area contributed by atoms with Gasteiger partial charge in [-0.3, -0.25) is 4.79 Å². The molecular weight excluding hydrogens is 444 g/mol. The number of carbonyl (C=O) groups excluding carboxylic acids is 1. The van der Waals surface area contributed by atoms with Crippen LogP contribution in [0.1, 0.15) is 21.5 Å². The molecule has 0 saturated heterocycles. The van der Waals surface area contributed by atoms with Gasteiger partial charge in [-0.1, -0.05) is 41.9 Å². The molecule has 0 aliphatic carbocycles. The topological polar surface area (TPSA) is 92.0 Å². The van der Waals surface area contributed by atoms with Crippen LogP contribution in [0.3, 0.4) is 0 Å². The molecule has 0 radical (unpaired) electrons. The molecule has 3 N–H and O–H groups in total. The lowest BCUT2D eigenvalue weighted by molar-refractivity contribution is 0.0946. The van der Waals surface area contributed by atoms with Gasteiger partial charge in [0.1, 0.15) is 5.75 Å². The molecule has 33 heavy (non-hydrogen) atoms. The second-order valence-corrected chi connectivity index (χ2v) is 7.49. The minimum Gasteiger partial charge on any atom is -0.492 e. The number of carbonyl (C=O) groups is 1. The quantitative estimate of drug-likeness (QED) is 0.450. The first kappa shape index (κ1) is 24.2. The van der Waals surface area contributed by atoms with Gasteiger partial charge < -0.3 is 30.0 Å². The number of amides is 1. The first-order valence-corrected chi connectivity index (χ1v) is 10.7. The number of hydrogen-bond acceptors (Lipinski definition) is 6. The number of halogens is 1. The van der Waals surface area contributed by atoms with E-state index in [1.54, 1.807) is 12.1 Å². The van der Waals surface area contributed by atoms with Crippen molar-refractivity contribution in [3.63, 3.8) is 0 Å². The average Bonchev–Trinajstić information content (AvgIpc) is 2.83. The van der Waals surface area contributed by atoms with Crippen LogP contribution in [0.15, 0.2) is 54.6 Å². The summed E-state index contributed by atoms with van der Waals surface area (Å²) in [5.41, 5.74) is 7.74. The molecule has 7 nitrogen and oxygen atoms in total. The van der Waals surface area contributed by atoms with Crippen LogP contribution in [0.5, 0.6) is 28.7 Å². The Morgan fingerprint density at radius 1 is 0.939 bits per heavy atom. The van der Waals surface area contributed by atoms with E-state index in [-0.39, 0.29) is 29.5 Å². The van der Waals surface area contributed by atoms with E-state index in [9.17, 15) is 4.79 Å². The summed E-state index contributed by atoms with van der Waals surface area (Å²) in [7, 11) is 4.42. The standard InChI is InChI=1S/C25H27ClN2O5/c1-30-22-19(25(29)28-15-17-6-4-5-7-20(17)26)14-21(23(31-2)24(22)32-3)33-18-10-8-16(9-11-18)12-13-27/h4-11,14H,12-13,15,27H2,1-3H3,(H,28,29). The maximum atomic E-state index is 13.1. The van der Waals surface area contributed by atoms with Crippen molar-refractivity contribution in [3.05, 3.63) is 76.3 Å². The number of nitrogens with two attached hydrogens (primary N) is 1. The number of methoxy groups -OCH3 is 3. The number of ether oxygens (including phenoxy) is 4. The fourth-order valence-corrected chi connectivity index (χ4v) is 3.56. The van der Waals surface area contributed by atoms with E-state index >= 15 is 0 Å². The Kier molecular flexibility index (Phi) is 8.40. The van der Waals surface area contributed by atoms with Crippen molar-refractivity contribution in [1.82, 2.24) is 5.32 Å². The van der Waals surface area contributed by atoms with Crippen LogP contribution < -0.4 is 30.0 Å². The highest BCUT2D eigenvalue weighted by Gasteiger charge is 2.26. The molecule has 174 valence electrons. The highest BCUT2D eigenvalue weighted by atomic mass is 35.5. The fourth-order valence-electron chi connectivity index (χ4n) is 3.36. The minimum atomic E-state index is -0.379. The highest BCUT2D eigenvalue weighted by Crippen LogP contribution is 2.48. The van der Waals surface area contributed by atoms with Crippen molar-refractivity contribution < 1.29 is 23.7 Å². The predicted octanol–water partition coefficient (Wildman–Crippen LogP) is 4.59. The zero-order valence-corrected chi connectivity index (χ0v) is 19.6. The van der Waals surface area contributed by atoms with Crippen molar-refractivity contribution in [2.45, 2.75) is 13.0 Å². The predicted molar refractivity (Wildman–Crippen MR) is 128 cm³/mol. The minimum absolute atomic E-state index is 0.233. The van der Waals surface area contributed by atoms with Gasteiger partial charge in [0.15, 0.2) is 11.5 Å². The number of hydrogen-bond donors (Lipinski definition) is 2. The molecule has 3 aromatic carbocycles. The van der Waals surface area contributed by atoms with Crippen LogP contribution in [0, 0.1) is 0 Å². The van der Waals surface area contributed by atoms with Crippen LogP contribution in [0.4, 0.5) is 0 Å². The second kappa shape index (κ2) is 11.4.